The molecule has 9 heteroatoms. The molecular weight excluding hydrogens is 352 g/mol. The summed E-state index contributed by atoms with van der Waals surface area (Å²) in [5.74, 6) is 0.664. The number of carbonyl (C=O) groups is 1. The quantitative estimate of drug-likeness (QED) is 0.522. The Balaban J connectivity index is 1.79. The minimum atomic E-state index is -0.491. The number of rotatable bonds is 6. The largest absolute Gasteiger partial charge is 0.485 e. The van der Waals surface area contributed by atoms with Crippen molar-refractivity contribution in [1.82, 2.24) is 10.1 Å². The van der Waals surface area contributed by atoms with Crippen LogP contribution in [0, 0.1) is 24.0 Å². The molecule has 0 saturated carbocycles. The van der Waals surface area contributed by atoms with Crippen molar-refractivity contribution in [2.24, 2.45) is 0 Å². The molecule has 9 nitrogen and oxygen atoms in total. The van der Waals surface area contributed by atoms with Gasteiger partial charge in [-0.2, -0.15) is 4.98 Å². The molecule has 0 aliphatic rings. The van der Waals surface area contributed by atoms with E-state index in [4.69, 9.17) is 9.26 Å². The maximum absolute atomic E-state index is 12.7. The first-order valence-electron chi connectivity index (χ1n) is 8.02. The van der Waals surface area contributed by atoms with Crippen LogP contribution in [-0.4, -0.2) is 21.0 Å². The fourth-order valence-electron chi connectivity index (χ4n) is 2.47. The molecule has 0 atom stereocenters. The van der Waals surface area contributed by atoms with E-state index in [9.17, 15) is 14.9 Å². The number of benzene rings is 2. The Bertz CT molecular complexity index is 999. The molecule has 0 fully saturated rings. The van der Waals surface area contributed by atoms with Gasteiger partial charge in [0.2, 0.25) is 11.7 Å². The van der Waals surface area contributed by atoms with E-state index in [0.29, 0.717) is 28.7 Å². The highest BCUT2D eigenvalue weighted by atomic mass is 16.6. The molecule has 0 spiro atoms. The van der Waals surface area contributed by atoms with E-state index in [-0.39, 0.29) is 17.9 Å². The number of amides is 1. The Kier molecular flexibility index (Phi) is 5.11. The maximum Gasteiger partial charge on any atom is 0.274 e. The van der Waals surface area contributed by atoms with Crippen LogP contribution >= 0.6 is 0 Å². The topological polar surface area (TPSA) is 120 Å². The molecule has 0 aliphatic carbocycles. The third kappa shape index (κ3) is 4.09. The summed E-state index contributed by atoms with van der Waals surface area (Å²) in [6.07, 6.45) is 0. The highest BCUT2D eigenvalue weighted by molar-refractivity contribution is 6.06. The van der Waals surface area contributed by atoms with Gasteiger partial charge in [0.1, 0.15) is 5.75 Å². The Morgan fingerprint density at radius 2 is 2.00 bits per heavy atom. The zero-order valence-electron chi connectivity index (χ0n) is 14.6. The van der Waals surface area contributed by atoms with Gasteiger partial charge in [0, 0.05) is 13.0 Å². The average Bonchev–Trinajstić information content (AvgIpc) is 3.07. The molecule has 0 unspecified atom stereocenters. The SMILES string of the molecule is Cc1nc(COc2ccccc2C(=O)Nc2cccc([N+](=O)[O-])c2C)no1. The van der Waals surface area contributed by atoms with Crippen molar-refractivity contribution in [3.8, 4) is 5.75 Å². The fraction of sp³-hybridized carbons (Fsp3) is 0.167. The van der Waals surface area contributed by atoms with Crippen molar-refractivity contribution in [3.05, 3.63) is 75.4 Å². The first kappa shape index (κ1) is 18.1. The smallest absolute Gasteiger partial charge is 0.274 e. The number of ether oxygens (including phenoxy) is 1. The van der Waals surface area contributed by atoms with E-state index in [1.165, 1.54) is 12.1 Å². The molecule has 3 aromatic rings. The predicted molar refractivity (Wildman–Crippen MR) is 95.6 cm³/mol. The third-order valence-corrected chi connectivity index (χ3v) is 3.81. The molecule has 0 radical (unpaired) electrons. The van der Waals surface area contributed by atoms with Gasteiger partial charge in [-0.15, -0.1) is 0 Å². The molecule has 3 rings (SSSR count). The summed E-state index contributed by atoms with van der Waals surface area (Å²) in [5.41, 5.74) is 0.947. The molecule has 27 heavy (non-hydrogen) atoms. The van der Waals surface area contributed by atoms with Crippen LogP contribution in [0.25, 0.3) is 0 Å². The maximum atomic E-state index is 12.7. The lowest BCUT2D eigenvalue weighted by Gasteiger charge is -2.12. The summed E-state index contributed by atoms with van der Waals surface area (Å²) < 4.78 is 10.5. The number of nitrogens with zero attached hydrogens (tertiary/aromatic N) is 3. The number of para-hydroxylation sites is 1. The number of hydrogen-bond acceptors (Lipinski definition) is 7. The van der Waals surface area contributed by atoms with Crippen LogP contribution in [-0.2, 0) is 6.61 Å². The molecule has 138 valence electrons. The molecule has 1 N–H and O–H groups in total. The number of aromatic nitrogens is 2. The van der Waals surface area contributed by atoms with Gasteiger partial charge in [0.15, 0.2) is 6.61 Å². The first-order valence-corrected chi connectivity index (χ1v) is 8.02. The van der Waals surface area contributed by atoms with Crippen LogP contribution in [0.1, 0.15) is 27.6 Å². The van der Waals surface area contributed by atoms with E-state index >= 15 is 0 Å². The first-order chi connectivity index (χ1) is 13.0. The Morgan fingerprint density at radius 3 is 2.70 bits per heavy atom. The van der Waals surface area contributed by atoms with Crippen LogP contribution in [0.15, 0.2) is 47.0 Å². The van der Waals surface area contributed by atoms with Gasteiger partial charge < -0.3 is 14.6 Å². The van der Waals surface area contributed by atoms with Crippen LogP contribution < -0.4 is 10.1 Å². The van der Waals surface area contributed by atoms with Crippen molar-refractivity contribution in [2.45, 2.75) is 20.5 Å². The van der Waals surface area contributed by atoms with Crippen molar-refractivity contribution >= 4 is 17.3 Å². The highest BCUT2D eigenvalue weighted by Crippen LogP contribution is 2.27. The van der Waals surface area contributed by atoms with Crippen LogP contribution in [0.5, 0.6) is 5.75 Å². The monoisotopic (exact) mass is 368 g/mol. The summed E-state index contributed by atoms with van der Waals surface area (Å²) in [5, 5.41) is 17.5. The molecule has 0 saturated heterocycles. The molecule has 0 bridgehead atoms. The van der Waals surface area contributed by atoms with E-state index in [2.05, 4.69) is 15.5 Å². The minimum absolute atomic E-state index is 0.0392. The Morgan fingerprint density at radius 1 is 1.22 bits per heavy atom. The average molecular weight is 368 g/mol. The summed E-state index contributed by atoms with van der Waals surface area (Å²) in [6.45, 7) is 3.28. The van der Waals surface area contributed by atoms with Crippen molar-refractivity contribution < 1.29 is 19.0 Å². The van der Waals surface area contributed by atoms with E-state index < -0.39 is 10.8 Å². The van der Waals surface area contributed by atoms with Gasteiger partial charge in [-0.05, 0) is 25.1 Å². The van der Waals surface area contributed by atoms with Gasteiger partial charge in [-0.25, -0.2) is 0 Å². The van der Waals surface area contributed by atoms with Crippen molar-refractivity contribution in [2.75, 3.05) is 5.32 Å². The Hall–Kier alpha value is -3.75. The van der Waals surface area contributed by atoms with Gasteiger partial charge in [0.05, 0.1) is 21.7 Å². The third-order valence-electron chi connectivity index (χ3n) is 3.81. The number of nitro groups is 1. The lowest BCUT2D eigenvalue weighted by molar-refractivity contribution is -0.385. The lowest BCUT2D eigenvalue weighted by atomic mass is 10.1. The summed E-state index contributed by atoms with van der Waals surface area (Å²) >= 11 is 0. The zero-order chi connectivity index (χ0) is 19.4. The number of nitrogens with one attached hydrogen (secondary N) is 1. The standard InChI is InChI=1S/C18H16N4O5/c1-11-14(7-5-8-15(11)22(24)25)20-18(23)13-6-3-4-9-16(13)26-10-17-19-12(2)27-21-17/h3-9H,10H2,1-2H3,(H,20,23). The van der Waals surface area contributed by atoms with Crippen LogP contribution in [0.4, 0.5) is 11.4 Å². The molecular formula is C18H16N4O5. The van der Waals surface area contributed by atoms with E-state index in [0.717, 1.165) is 0 Å². The lowest BCUT2D eigenvalue weighted by Crippen LogP contribution is -2.15. The molecule has 0 aliphatic heterocycles. The van der Waals surface area contributed by atoms with Gasteiger partial charge in [-0.1, -0.05) is 23.4 Å². The second-order valence-corrected chi connectivity index (χ2v) is 5.68. The highest BCUT2D eigenvalue weighted by Gasteiger charge is 2.18. The van der Waals surface area contributed by atoms with Gasteiger partial charge >= 0.3 is 0 Å². The van der Waals surface area contributed by atoms with Gasteiger partial charge in [-0.3, -0.25) is 14.9 Å². The number of aryl methyl sites for hydroxylation is 1. The number of hydrogen-bond donors (Lipinski definition) is 1. The van der Waals surface area contributed by atoms with Crippen molar-refractivity contribution in [1.29, 1.82) is 0 Å². The zero-order valence-corrected chi connectivity index (χ0v) is 14.6. The van der Waals surface area contributed by atoms with Gasteiger partial charge in [0.25, 0.3) is 11.6 Å². The summed E-state index contributed by atoms with van der Waals surface area (Å²) in [4.78, 5) is 27.3. The number of carbonyl (C=O) groups excluding carboxylic acids is 1. The van der Waals surface area contributed by atoms with E-state index in [1.807, 2.05) is 0 Å². The summed E-state index contributed by atoms with van der Waals surface area (Å²) in [7, 11) is 0. The molecule has 1 aromatic heterocycles. The Labute approximate surface area is 154 Å². The molecule has 1 heterocycles. The molecule has 2 aromatic carbocycles. The van der Waals surface area contributed by atoms with E-state index in [1.54, 1.807) is 44.2 Å². The normalized spacial score (nSPS) is 10.4. The van der Waals surface area contributed by atoms with Crippen molar-refractivity contribution in [3.63, 3.8) is 0 Å². The second-order valence-electron chi connectivity index (χ2n) is 5.68. The second kappa shape index (κ2) is 7.65. The minimum Gasteiger partial charge on any atom is -0.485 e. The fourth-order valence-corrected chi connectivity index (χ4v) is 2.47. The molecule has 1 amide bonds. The van der Waals surface area contributed by atoms with Crippen LogP contribution in [0.3, 0.4) is 0 Å². The number of anilines is 1. The predicted octanol–water partition coefficient (Wildman–Crippen LogP) is 3.43. The van der Waals surface area contributed by atoms with Crippen LogP contribution in [0.2, 0.25) is 0 Å². The number of nitro benzene ring substituents is 1. The summed E-state index contributed by atoms with van der Waals surface area (Å²) in [6, 6.07) is 11.2.